The molecule has 25 heavy (non-hydrogen) atoms. The van der Waals surface area contributed by atoms with Crippen LogP contribution in [0.1, 0.15) is 85.0 Å². The predicted octanol–water partition coefficient (Wildman–Crippen LogP) is 5.03. The first-order chi connectivity index (χ1) is 11.9. The van der Waals surface area contributed by atoms with Crippen LogP contribution in [0.3, 0.4) is 0 Å². The highest BCUT2D eigenvalue weighted by atomic mass is 16.1. The summed E-state index contributed by atoms with van der Waals surface area (Å²) in [7, 11) is 0. The van der Waals surface area contributed by atoms with Gasteiger partial charge in [0.15, 0.2) is 5.78 Å². The van der Waals surface area contributed by atoms with Gasteiger partial charge in [-0.3, -0.25) is 4.79 Å². The molecule has 0 spiro atoms. The van der Waals surface area contributed by atoms with Crippen molar-refractivity contribution in [2.75, 3.05) is 0 Å². The highest BCUT2D eigenvalue weighted by Crippen LogP contribution is 2.65. The van der Waals surface area contributed by atoms with Gasteiger partial charge in [0.1, 0.15) is 0 Å². The molecule has 0 radical (unpaired) electrons. The molecule has 0 aromatic rings. The van der Waals surface area contributed by atoms with Crippen molar-refractivity contribution in [3.63, 3.8) is 0 Å². The van der Waals surface area contributed by atoms with Crippen LogP contribution in [0.4, 0.5) is 0 Å². The van der Waals surface area contributed by atoms with Gasteiger partial charge in [-0.05, 0) is 98.9 Å². The summed E-state index contributed by atoms with van der Waals surface area (Å²) in [5.74, 6) is 3.08. The van der Waals surface area contributed by atoms with Gasteiger partial charge in [-0.15, -0.1) is 0 Å². The Balaban J connectivity index is 1.44. The number of nitrogens with one attached hydrogen (secondary N) is 1. The Bertz CT molecular complexity index is 632. The van der Waals surface area contributed by atoms with Crippen molar-refractivity contribution < 1.29 is 4.79 Å². The van der Waals surface area contributed by atoms with E-state index in [0.29, 0.717) is 16.6 Å². The van der Waals surface area contributed by atoms with E-state index in [9.17, 15) is 4.79 Å². The fourth-order valence-corrected chi connectivity index (χ4v) is 7.79. The average Bonchev–Trinajstić information content (AvgIpc) is 3.34. The molecule has 0 heterocycles. The maximum absolute atomic E-state index is 12.3. The van der Waals surface area contributed by atoms with Gasteiger partial charge in [-0.1, -0.05) is 19.4 Å². The van der Waals surface area contributed by atoms with Crippen molar-refractivity contribution in [2.24, 2.45) is 28.6 Å². The minimum absolute atomic E-state index is 0.324. The van der Waals surface area contributed by atoms with Crippen LogP contribution in [-0.4, -0.2) is 17.9 Å². The van der Waals surface area contributed by atoms with Crippen molar-refractivity contribution in [1.29, 1.82) is 0 Å². The van der Waals surface area contributed by atoms with E-state index in [1.165, 1.54) is 51.4 Å². The van der Waals surface area contributed by atoms with Crippen molar-refractivity contribution in [2.45, 2.75) is 97.1 Å². The average molecular weight is 342 g/mol. The summed E-state index contributed by atoms with van der Waals surface area (Å²) < 4.78 is 0. The molecular formula is C23H35NO. The zero-order valence-corrected chi connectivity index (χ0v) is 16.4. The van der Waals surface area contributed by atoms with E-state index in [1.54, 1.807) is 5.57 Å². The van der Waals surface area contributed by atoms with Gasteiger partial charge in [-0.25, -0.2) is 0 Å². The molecule has 5 aliphatic rings. The van der Waals surface area contributed by atoms with Crippen LogP contribution in [0.25, 0.3) is 0 Å². The van der Waals surface area contributed by atoms with Gasteiger partial charge in [0, 0.05) is 18.5 Å². The lowest BCUT2D eigenvalue weighted by Crippen LogP contribution is -2.53. The molecule has 0 amide bonds. The Kier molecular flexibility index (Phi) is 3.60. The van der Waals surface area contributed by atoms with E-state index < -0.39 is 0 Å². The number of allylic oxidation sites excluding steroid dienone is 1. The van der Waals surface area contributed by atoms with Crippen molar-refractivity contribution >= 4 is 5.78 Å². The summed E-state index contributed by atoms with van der Waals surface area (Å²) in [6.45, 7) is 7.25. The topological polar surface area (TPSA) is 29.1 Å². The quantitative estimate of drug-likeness (QED) is 0.763. The van der Waals surface area contributed by atoms with Gasteiger partial charge in [0.2, 0.25) is 0 Å². The molecule has 5 aliphatic carbocycles. The fraction of sp³-hybridized carbons (Fsp3) is 0.870. The third kappa shape index (κ3) is 2.28. The number of rotatable bonds is 2. The second-order valence-corrected chi connectivity index (χ2v) is 10.5. The molecule has 1 N–H and O–H groups in total. The van der Waals surface area contributed by atoms with E-state index in [4.69, 9.17) is 0 Å². The maximum atomic E-state index is 12.3. The Morgan fingerprint density at radius 1 is 0.920 bits per heavy atom. The van der Waals surface area contributed by atoms with E-state index in [0.717, 1.165) is 48.3 Å². The first-order valence-corrected chi connectivity index (χ1v) is 10.9. The monoisotopic (exact) mass is 341 g/mol. The highest BCUT2D eigenvalue weighted by molar-refractivity contribution is 5.96. The lowest BCUT2D eigenvalue weighted by Gasteiger charge is -2.58. The van der Waals surface area contributed by atoms with E-state index >= 15 is 0 Å². The Morgan fingerprint density at radius 2 is 1.72 bits per heavy atom. The van der Waals surface area contributed by atoms with Crippen LogP contribution in [0, 0.1) is 28.6 Å². The molecule has 0 aliphatic heterocycles. The van der Waals surface area contributed by atoms with Crippen LogP contribution in [0.2, 0.25) is 0 Å². The minimum atomic E-state index is 0.324. The van der Waals surface area contributed by atoms with Crippen LogP contribution < -0.4 is 5.32 Å². The molecule has 0 bridgehead atoms. The lowest BCUT2D eigenvalue weighted by molar-refractivity contribution is -0.118. The summed E-state index contributed by atoms with van der Waals surface area (Å²) in [6.07, 6.45) is 12.9. The van der Waals surface area contributed by atoms with Gasteiger partial charge in [-0.2, -0.15) is 0 Å². The highest BCUT2D eigenvalue weighted by Gasteiger charge is 2.59. The number of hydrogen-bond acceptors (Lipinski definition) is 2. The molecule has 2 heteroatoms. The second-order valence-electron chi connectivity index (χ2n) is 10.5. The zero-order valence-electron chi connectivity index (χ0n) is 16.4. The third-order valence-corrected chi connectivity index (χ3v) is 9.43. The number of fused-ring (bicyclic) bond motifs is 5. The van der Waals surface area contributed by atoms with Crippen molar-refractivity contribution in [1.82, 2.24) is 5.32 Å². The summed E-state index contributed by atoms with van der Waals surface area (Å²) >= 11 is 0. The number of carbonyl (C=O) groups excluding carboxylic acids is 1. The van der Waals surface area contributed by atoms with Gasteiger partial charge < -0.3 is 5.32 Å². The van der Waals surface area contributed by atoms with E-state index in [2.05, 4.69) is 26.1 Å². The smallest absolute Gasteiger partial charge is 0.158 e. The Labute approximate surface area is 153 Å². The first-order valence-electron chi connectivity index (χ1n) is 10.9. The maximum Gasteiger partial charge on any atom is 0.158 e. The number of ketones is 1. The molecule has 0 saturated heterocycles. The van der Waals surface area contributed by atoms with Crippen LogP contribution >= 0.6 is 0 Å². The SMILES string of the molecule is CC1=C2CC[C@@H]3[C@@H](CC[C@]4(C)C(NC5CC5)CC[C@@H]34)[C@@]2(C)CCC1=O. The molecular weight excluding hydrogens is 306 g/mol. The summed E-state index contributed by atoms with van der Waals surface area (Å²) in [4.78, 5) is 12.3. The second kappa shape index (κ2) is 5.44. The summed E-state index contributed by atoms with van der Waals surface area (Å²) in [6, 6.07) is 1.61. The largest absolute Gasteiger partial charge is 0.311 e. The van der Waals surface area contributed by atoms with Crippen LogP contribution in [0.5, 0.6) is 0 Å². The van der Waals surface area contributed by atoms with E-state index in [-0.39, 0.29) is 0 Å². The molecule has 4 fully saturated rings. The lowest BCUT2D eigenvalue weighted by atomic mass is 9.46. The minimum Gasteiger partial charge on any atom is -0.311 e. The third-order valence-electron chi connectivity index (χ3n) is 9.43. The molecule has 138 valence electrons. The molecule has 6 atom stereocenters. The number of carbonyl (C=O) groups is 1. The molecule has 2 nitrogen and oxygen atoms in total. The molecule has 0 aromatic carbocycles. The molecule has 0 aromatic heterocycles. The van der Waals surface area contributed by atoms with E-state index in [1.807, 2.05) is 0 Å². The van der Waals surface area contributed by atoms with Crippen molar-refractivity contribution in [3.05, 3.63) is 11.1 Å². The van der Waals surface area contributed by atoms with Crippen molar-refractivity contribution in [3.8, 4) is 0 Å². The summed E-state index contributed by atoms with van der Waals surface area (Å²) in [5.41, 5.74) is 3.55. The predicted molar refractivity (Wildman–Crippen MR) is 101 cm³/mol. The van der Waals surface area contributed by atoms with Crippen LogP contribution in [-0.2, 0) is 4.79 Å². The molecule has 5 rings (SSSR count). The first kappa shape index (κ1) is 16.5. The zero-order chi connectivity index (χ0) is 17.4. The van der Waals surface area contributed by atoms with Gasteiger partial charge in [0.05, 0.1) is 0 Å². The Morgan fingerprint density at radius 3 is 2.48 bits per heavy atom. The number of Topliss-reactive ketones (excluding diaryl/α,β-unsaturated/α-hetero) is 1. The summed E-state index contributed by atoms with van der Waals surface area (Å²) in [5, 5.41) is 4.01. The normalized spacial score (nSPS) is 49.6. The number of hydrogen-bond donors (Lipinski definition) is 1. The van der Waals surface area contributed by atoms with Gasteiger partial charge in [0.25, 0.3) is 0 Å². The molecule has 1 unspecified atom stereocenters. The van der Waals surface area contributed by atoms with Crippen LogP contribution in [0.15, 0.2) is 11.1 Å². The fourth-order valence-electron chi connectivity index (χ4n) is 7.79. The Hall–Kier alpha value is -0.630. The molecule has 4 saturated carbocycles. The standard InChI is InChI=1S/C23H35NO/c1-14-17-7-6-16-18-8-9-21(24-15-4-5-15)23(18,3)12-10-19(16)22(17,2)13-11-20(14)25/h15-16,18-19,21,24H,4-13H2,1-3H3/t16-,18-,19+,21?,22-,23-/m0/s1. The van der Waals surface area contributed by atoms with Gasteiger partial charge >= 0.3 is 0 Å².